The van der Waals surface area contributed by atoms with Crippen molar-refractivity contribution in [3.05, 3.63) is 63.1 Å². The number of likely N-dealkylation sites (N-methyl/N-ethyl adjacent to an activating group) is 1. The fourth-order valence-electron chi connectivity index (χ4n) is 2.10. The summed E-state index contributed by atoms with van der Waals surface area (Å²) in [5.74, 6) is 0.306. The Labute approximate surface area is 138 Å². The molecular formula is C15H16ClN3O4. The Morgan fingerprint density at radius 1 is 1.43 bits per heavy atom. The van der Waals surface area contributed by atoms with Crippen LogP contribution in [0.1, 0.15) is 22.2 Å². The molecule has 1 aromatic heterocycles. The Kier molecular flexibility index (Phi) is 5.36. The van der Waals surface area contributed by atoms with E-state index in [0.717, 1.165) is 11.8 Å². The first kappa shape index (κ1) is 17.0. The van der Waals surface area contributed by atoms with Crippen LogP contribution >= 0.6 is 11.6 Å². The fourth-order valence-corrected chi connectivity index (χ4v) is 2.29. The first-order chi connectivity index (χ1) is 10.9. The number of nitrogens with zero attached hydrogens (tertiary/aromatic N) is 2. The second kappa shape index (κ2) is 7.26. The highest BCUT2D eigenvalue weighted by atomic mass is 35.5. The van der Waals surface area contributed by atoms with Gasteiger partial charge in [0.25, 0.3) is 11.6 Å². The summed E-state index contributed by atoms with van der Waals surface area (Å²) in [7, 11) is 3.74. The maximum Gasteiger partial charge on any atom is 0.288 e. The third kappa shape index (κ3) is 4.08. The van der Waals surface area contributed by atoms with E-state index < -0.39 is 10.8 Å². The topological polar surface area (TPSA) is 88.6 Å². The number of hydrogen-bond donors (Lipinski definition) is 1. The third-order valence-electron chi connectivity index (χ3n) is 3.36. The Hall–Kier alpha value is -2.38. The van der Waals surface area contributed by atoms with Crippen LogP contribution in [0, 0.1) is 10.1 Å². The molecule has 0 bridgehead atoms. The average molecular weight is 338 g/mol. The lowest BCUT2D eigenvalue weighted by Gasteiger charge is -2.22. The summed E-state index contributed by atoms with van der Waals surface area (Å²) in [5.41, 5.74) is -0.118. The first-order valence-corrected chi connectivity index (χ1v) is 7.20. The molecule has 1 N–H and O–H groups in total. The van der Waals surface area contributed by atoms with E-state index in [2.05, 4.69) is 5.32 Å². The minimum absolute atomic E-state index is 0.00620. The zero-order valence-electron chi connectivity index (χ0n) is 12.7. The molecule has 0 radical (unpaired) electrons. The maximum absolute atomic E-state index is 12.2. The summed E-state index contributed by atoms with van der Waals surface area (Å²) < 4.78 is 5.36. The lowest BCUT2D eigenvalue weighted by molar-refractivity contribution is -0.384. The van der Waals surface area contributed by atoms with Crippen molar-refractivity contribution in [2.75, 3.05) is 20.6 Å². The SMILES string of the molecule is CN(C)[C@@H](CNC(=O)c1ccc(Cl)c([N+](=O)[O-])c1)c1ccco1. The Balaban J connectivity index is 2.10. The molecule has 0 aliphatic rings. The molecule has 8 heteroatoms. The van der Waals surface area contributed by atoms with Crippen LogP contribution in [0.2, 0.25) is 5.02 Å². The highest BCUT2D eigenvalue weighted by Crippen LogP contribution is 2.25. The van der Waals surface area contributed by atoms with Crippen LogP contribution < -0.4 is 5.32 Å². The number of nitro groups is 1. The van der Waals surface area contributed by atoms with Crippen molar-refractivity contribution in [1.29, 1.82) is 0 Å². The molecule has 0 fully saturated rings. The zero-order chi connectivity index (χ0) is 17.0. The molecule has 1 atom stereocenters. The monoisotopic (exact) mass is 337 g/mol. The Morgan fingerprint density at radius 3 is 2.74 bits per heavy atom. The van der Waals surface area contributed by atoms with Crippen LogP contribution in [0.15, 0.2) is 41.0 Å². The number of benzene rings is 1. The molecule has 0 saturated heterocycles. The first-order valence-electron chi connectivity index (χ1n) is 6.82. The van der Waals surface area contributed by atoms with Gasteiger partial charge in [0.2, 0.25) is 0 Å². The van der Waals surface area contributed by atoms with Crippen LogP contribution in [-0.2, 0) is 0 Å². The fraction of sp³-hybridized carbons (Fsp3) is 0.267. The van der Waals surface area contributed by atoms with E-state index in [-0.39, 0.29) is 22.3 Å². The van der Waals surface area contributed by atoms with Crippen LogP contribution in [0.4, 0.5) is 5.69 Å². The predicted octanol–water partition coefficient (Wildman–Crippen LogP) is 2.87. The summed E-state index contributed by atoms with van der Waals surface area (Å²) in [6.07, 6.45) is 1.57. The van der Waals surface area contributed by atoms with Crippen LogP contribution in [0.25, 0.3) is 0 Å². The number of hydrogen-bond acceptors (Lipinski definition) is 5. The maximum atomic E-state index is 12.2. The van der Waals surface area contributed by atoms with Gasteiger partial charge in [0.15, 0.2) is 0 Å². The van der Waals surface area contributed by atoms with Gasteiger partial charge < -0.3 is 9.73 Å². The van der Waals surface area contributed by atoms with Crippen LogP contribution in [0.5, 0.6) is 0 Å². The van der Waals surface area contributed by atoms with Crippen LogP contribution in [0.3, 0.4) is 0 Å². The smallest absolute Gasteiger partial charge is 0.288 e. The normalized spacial score (nSPS) is 12.2. The predicted molar refractivity (Wildman–Crippen MR) is 85.6 cm³/mol. The van der Waals surface area contributed by atoms with E-state index in [0.29, 0.717) is 6.54 Å². The second-order valence-corrected chi connectivity index (χ2v) is 5.54. The molecule has 122 valence electrons. The molecule has 1 amide bonds. The molecule has 0 aliphatic carbocycles. The number of carbonyl (C=O) groups excluding carboxylic acids is 1. The number of carbonyl (C=O) groups is 1. The standard InChI is InChI=1S/C15H16ClN3O4/c1-18(2)13(14-4-3-7-23-14)9-17-15(20)10-5-6-11(16)12(8-10)19(21)22/h3-8,13H,9H2,1-2H3,(H,17,20)/t13-/m0/s1. The average Bonchev–Trinajstić information content (AvgIpc) is 3.01. The number of halogens is 1. The zero-order valence-corrected chi connectivity index (χ0v) is 13.4. The Bertz CT molecular complexity index is 701. The molecule has 1 heterocycles. The van der Waals surface area contributed by atoms with Crippen LogP contribution in [-0.4, -0.2) is 36.4 Å². The lowest BCUT2D eigenvalue weighted by Crippen LogP contribution is -2.34. The van der Waals surface area contributed by atoms with Gasteiger partial charge in [-0.25, -0.2) is 0 Å². The minimum Gasteiger partial charge on any atom is -0.468 e. The van der Waals surface area contributed by atoms with Gasteiger partial charge >= 0.3 is 0 Å². The summed E-state index contributed by atoms with van der Waals surface area (Å²) in [6, 6.07) is 7.40. The van der Waals surface area contributed by atoms with Gasteiger partial charge in [-0.05, 0) is 38.4 Å². The largest absolute Gasteiger partial charge is 0.468 e. The summed E-state index contributed by atoms with van der Waals surface area (Å²) >= 11 is 5.74. The van der Waals surface area contributed by atoms with E-state index >= 15 is 0 Å². The number of furan rings is 1. The number of nitrogens with one attached hydrogen (secondary N) is 1. The summed E-state index contributed by atoms with van der Waals surface area (Å²) in [6.45, 7) is 0.301. The minimum atomic E-state index is -0.620. The molecule has 1 aromatic carbocycles. The van der Waals surface area contributed by atoms with Gasteiger partial charge in [-0.1, -0.05) is 11.6 Å². The van der Waals surface area contributed by atoms with E-state index in [9.17, 15) is 14.9 Å². The van der Waals surface area contributed by atoms with Crippen molar-refractivity contribution >= 4 is 23.2 Å². The molecule has 0 aliphatic heterocycles. The van der Waals surface area contributed by atoms with E-state index in [1.165, 1.54) is 12.1 Å². The van der Waals surface area contributed by atoms with Gasteiger partial charge in [0, 0.05) is 18.2 Å². The molecule has 0 spiro atoms. The summed E-state index contributed by atoms with van der Waals surface area (Å²) in [5, 5.41) is 13.6. The molecule has 0 unspecified atom stereocenters. The lowest BCUT2D eigenvalue weighted by atomic mass is 10.1. The molecule has 7 nitrogen and oxygen atoms in total. The van der Waals surface area contributed by atoms with E-state index in [1.54, 1.807) is 12.3 Å². The molecule has 0 saturated carbocycles. The van der Waals surface area contributed by atoms with Gasteiger partial charge in [-0.15, -0.1) is 0 Å². The van der Waals surface area contributed by atoms with Crippen molar-refractivity contribution < 1.29 is 14.1 Å². The van der Waals surface area contributed by atoms with Crippen molar-refractivity contribution in [2.24, 2.45) is 0 Å². The van der Waals surface area contributed by atoms with E-state index in [1.807, 2.05) is 25.1 Å². The highest BCUT2D eigenvalue weighted by molar-refractivity contribution is 6.32. The van der Waals surface area contributed by atoms with E-state index in [4.69, 9.17) is 16.0 Å². The van der Waals surface area contributed by atoms with Gasteiger partial charge in [0.1, 0.15) is 10.8 Å². The highest BCUT2D eigenvalue weighted by Gasteiger charge is 2.20. The summed E-state index contributed by atoms with van der Waals surface area (Å²) in [4.78, 5) is 24.4. The number of rotatable bonds is 6. The number of nitro benzene ring substituents is 1. The van der Waals surface area contributed by atoms with Gasteiger partial charge in [-0.2, -0.15) is 0 Å². The molecular weight excluding hydrogens is 322 g/mol. The van der Waals surface area contributed by atoms with Gasteiger partial charge in [-0.3, -0.25) is 19.8 Å². The van der Waals surface area contributed by atoms with Gasteiger partial charge in [0.05, 0.1) is 17.2 Å². The number of amides is 1. The molecule has 2 rings (SSSR count). The molecule has 23 heavy (non-hydrogen) atoms. The molecule has 2 aromatic rings. The van der Waals surface area contributed by atoms with Crippen molar-refractivity contribution in [3.8, 4) is 0 Å². The van der Waals surface area contributed by atoms with Crippen molar-refractivity contribution in [2.45, 2.75) is 6.04 Å². The second-order valence-electron chi connectivity index (χ2n) is 5.13. The Morgan fingerprint density at radius 2 is 2.17 bits per heavy atom. The van der Waals surface area contributed by atoms with Crippen molar-refractivity contribution in [3.63, 3.8) is 0 Å². The van der Waals surface area contributed by atoms with Crippen molar-refractivity contribution in [1.82, 2.24) is 10.2 Å². The quantitative estimate of drug-likeness (QED) is 0.646. The third-order valence-corrected chi connectivity index (χ3v) is 3.68.